The Morgan fingerprint density at radius 1 is 1.04 bits per heavy atom. The molecule has 28 heavy (non-hydrogen) atoms. The van der Waals surface area contributed by atoms with Crippen molar-refractivity contribution in [2.75, 3.05) is 11.9 Å². The molecule has 2 amide bonds. The van der Waals surface area contributed by atoms with E-state index in [-0.39, 0.29) is 0 Å². The lowest BCUT2D eigenvalue weighted by molar-refractivity contribution is -0.136. The van der Waals surface area contributed by atoms with Crippen LogP contribution in [0.3, 0.4) is 0 Å². The Hall–Kier alpha value is -3.38. The lowest BCUT2D eigenvalue weighted by atomic mass is 10.0. The van der Waals surface area contributed by atoms with Gasteiger partial charge in [0.2, 0.25) is 0 Å². The highest BCUT2D eigenvalue weighted by molar-refractivity contribution is 6.41. The SMILES string of the molecule is CCOc1ccc2ccccc2c1/C=N\NC(=O)C(=O)Nc1ccccc1Cl. The van der Waals surface area contributed by atoms with E-state index in [2.05, 4.69) is 15.8 Å². The van der Waals surface area contributed by atoms with Crippen molar-refractivity contribution in [3.05, 3.63) is 71.2 Å². The van der Waals surface area contributed by atoms with Gasteiger partial charge in [-0.15, -0.1) is 0 Å². The molecule has 0 aliphatic heterocycles. The van der Waals surface area contributed by atoms with Gasteiger partial charge in [0, 0.05) is 5.56 Å². The third kappa shape index (κ3) is 4.47. The molecule has 3 rings (SSSR count). The van der Waals surface area contributed by atoms with Crippen LogP contribution in [0.15, 0.2) is 65.8 Å². The number of amides is 2. The van der Waals surface area contributed by atoms with Gasteiger partial charge < -0.3 is 10.1 Å². The summed E-state index contributed by atoms with van der Waals surface area (Å²) in [5.41, 5.74) is 3.29. The summed E-state index contributed by atoms with van der Waals surface area (Å²) in [4.78, 5) is 24.0. The van der Waals surface area contributed by atoms with Gasteiger partial charge in [-0.25, -0.2) is 5.43 Å². The number of carbonyl (C=O) groups excluding carboxylic acids is 2. The number of nitrogens with zero attached hydrogens (tertiary/aromatic N) is 1. The maximum atomic E-state index is 12.0. The van der Waals surface area contributed by atoms with Gasteiger partial charge in [-0.1, -0.05) is 54.1 Å². The van der Waals surface area contributed by atoms with E-state index >= 15 is 0 Å². The minimum Gasteiger partial charge on any atom is -0.493 e. The number of hydrogen-bond donors (Lipinski definition) is 2. The van der Waals surface area contributed by atoms with Gasteiger partial charge in [-0.2, -0.15) is 5.10 Å². The normalized spacial score (nSPS) is 10.8. The standard InChI is InChI=1S/C21H18ClN3O3/c1-2-28-19-12-11-14-7-3-4-8-15(14)16(19)13-23-25-21(27)20(26)24-18-10-6-5-9-17(18)22/h3-13H,2H2,1H3,(H,24,26)(H,25,27)/b23-13-. The third-order valence-corrected chi connectivity index (χ3v) is 4.25. The molecule has 0 spiro atoms. The molecule has 7 heteroatoms. The first-order valence-corrected chi connectivity index (χ1v) is 9.01. The number of carbonyl (C=O) groups is 2. The van der Waals surface area contributed by atoms with Crippen LogP contribution in [0.2, 0.25) is 5.02 Å². The van der Waals surface area contributed by atoms with Gasteiger partial charge in [0.15, 0.2) is 0 Å². The molecule has 3 aromatic rings. The van der Waals surface area contributed by atoms with Gasteiger partial charge in [0.25, 0.3) is 0 Å². The number of ether oxygens (including phenoxy) is 1. The lowest BCUT2D eigenvalue weighted by Crippen LogP contribution is -2.32. The van der Waals surface area contributed by atoms with E-state index in [0.29, 0.717) is 28.6 Å². The van der Waals surface area contributed by atoms with Crippen LogP contribution in [-0.4, -0.2) is 24.6 Å². The molecule has 0 aliphatic carbocycles. The van der Waals surface area contributed by atoms with Crippen LogP contribution >= 0.6 is 11.6 Å². The summed E-state index contributed by atoms with van der Waals surface area (Å²) < 4.78 is 5.64. The van der Waals surface area contributed by atoms with Crippen LogP contribution in [0, 0.1) is 0 Å². The number of rotatable bonds is 5. The maximum absolute atomic E-state index is 12.0. The first-order chi connectivity index (χ1) is 13.6. The smallest absolute Gasteiger partial charge is 0.329 e. The number of fused-ring (bicyclic) bond motifs is 1. The summed E-state index contributed by atoms with van der Waals surface area (Å²) in [5.74, 6) is -1.14. The summed E-state index contributed by atoms with van der Waals surface area (Å²) in [5, 5.41) is 8.63. The fourth-order valence-electron chi connectivity index (χ4n) is 2.64. The van der Waals surface area contributed by atoms with Crippen LogP contribution in [-0.2, 0) is 9.59 Å². The van der Waals surface area contributed by atoms with E-state index in [0.717, 1.165) is 10.8 Å². The van der Waals surface area contributed by atoms with Gasteiger partial charge in [-0.05, 0) is 35.9 Å². The zero-order valence-electron chi connectivity index (χ0n) is 15.1. The lowest BCUT2D eigenvalue weighted by Gasteiger charge is -2.10. The summed E-state index contributed by atoms with van der Waals surface area (Å²) in [7, 11) is 0. The van der Waals surface area contributed by atoms with E-state index < -0.39 is 11.8 Å². The molecule has 0 saturated carbocycles. The fourth-order valence-corrected chi connectivity index (χ4v) is 2.82. The average Bonchev–Trinajstić information content (AvgIpc) is 2.71. The molecule has 0 bridgehead atoms. The monoisotopic (exact) mass is 395 g/mol. The van der Waals surface area contributed by atoms with Crippen molar-refractivity contribution in [1.29, 1.82) is 0 Å². The molecule has 0 aliphatic rings. The summed E-state index contributed by atoms with van der Waals surface area (Å²) in [6.45, 7) is 2.38. The summed E-state index contributed by atoms with van der Waals surface area (Å²) in [6, 6.07) is 18.2. The average molecular weight is 396 g/mol. The number of benzene rings is 3. The molecule has 0 heterocycles. The van der Waals surface area contributed by atoms with Crippen LogP contribution in [0.25, 0.3) is 10.8 Å². The highest BCUT2D eigenvalue weighted by atomic mass is 35.5. The van der Waals surface area contributed by atoms with Crippen molar-refractivity contribution in [2.24, 2.45) is 5.10 Å². The number of hydrogen-bond acceptors (Lipinski definition) is 4. The zero-order chi connectivity index (χ0) is 19.9. The molecule has 6 nitrogen and oxygen atoms in total. The van der Waals surface area contributed by atoms with Crippen LogP contribution in [0.5, 0.6) is 5.75 Å². The Morgan fingerprint density at radius 3 is 2.57 bits per heavy atom. The van der Waals surface area contributed by atoms with Crippen molar-refractivity contribution in [3.8, 4) is 5.75 Å². The number of nitrogens with one attached hydrogen (secondary N) is 2. The van der Waals surface area contributed by atoms with Crippen molar-refractivity contribution < 1.29 is 14.3 Å². The molecule has 0 radical (unpaired) electrons. The van der Waals surface area contributed by atoms with Crippen LogP contribution in [0.1, 0.15) is 12.5 Å². The van der Waals surface area contributed by atoms with Gasteiger partial charge in [0.05, 0.1) is 23.5 Å². The summed E-state index contributed by atoms with van der Waals surface area (Å²) >= 11 is 5.97. The maximum Gasteiger partial charge on any atom is 0.329 e. The highest BCUT2D eigenvalue weighted by Crippen LogP contribution is 2.26. The first-order valence-electron chi connectivity index (χ1n) is 8.63. The molecule has 0 saturated heterocycles. The second kappa shape index (κ2) is 9.01. The Morgan fingerprint density at radius 2 is 1.79 bits per heavy atom. The van der Waals surface area contributed by atoms with E-state index in [9.17, 15) is 9.59 Å². The Bertz CT molecular complexity index is 1050. The number of hydrazone groups is 1. The Labute approximate surface area is 167 Å². The number of halogens is 1. The molecule has 0 atom stereocenters. The molecule has 3 aromatic carbocycles. The molecule has 0 fully saturated rings. The minimum absolute atomic E-state index is 0.337. The minimum atomic E-state index is -0.908. The first kappa shape index (κ1) is 19.4. The van der Waals surface area contributed by atoms with E-state index in [1.54, 1.807) is 24.3 Å². The van der Waals surface area contributed by atoms with Crippen molar-refractivity contribution in [1.82, 2.24) is 5.43 Å². The molecule has 2 N–H and O–H groups in total. The molecular formula is C21H18ClN3O3. The topological polar surface area (TPSA) is 79.8 Å². The van der Waals surface area contributed by atoms with Crippen molar-refractivity contribution in [2.45, 2.75) is 6.92 Å². The van der Waals surface area contributed by atoms with Gasteiger partial charge >= 0.3 is 11.8 Å². The van der Waals surface area contributed by atoms with Crippen molar-refractivity contribution >= 4 is 46.1 Å². The highest BCUT2D eigenvalue weighted by Gasteiger charge is 2.14. The largest absolute Gasteiger partial charge is 0.493 e. The second-order valence-electron chi connectivity index (χ2n) is 5.76. The predicted octanol–water partition coefficient (Wildman–Crippen LogP) is 3.98. The van der Waals surface area contributed by atoms with E-state index in [1.807, 2.05) is 43.3 Å². The van der Waals surface area contributed by atoms with Crippen molar-refractivity contribution in [3.63, 3.8) is 0 Å². The summed E-state index contributed by atoms with van der Waals surface area (Å²) in [6.07, 6.45) is 1.47. The zero-order valence-corrected chi connectivity index (χ0v) is 15.9. The van der Waals surface area contributed by atoms with E-state index in [1.165, 1.54) is 6.21 Å². The third-order valence-electron chi connectivity index (χ3n) is 3.92. The molecule has 0 aromatic heterocycles. The molecular weight excluding hydrogens is 378 g/mol. The fraction of sp³-hybridized carbons (Fsp3) is 0.0952. The van der Waals surface area contributed by atoms with Gasteiger partial charge in [-0.3, -0.25) is 9.59 Å². The number of anilines is 1. The Balaban J connectivity index is 1.75. The van der Waals surface area contributed by atoms with Crippen LogP contribution in [0.4, 0.5) is 5.69 Å². The quantitative estimate of drug-likeness (QED) is 0.389. The molecule has 0 unspecified atom stereocenters. The molecule has 142 valence electrons. The second-order valence-corrected chi connectivity index (χ2v) is 6.17. The number of para-hydroxylation sites is 1. The van der Waals surface area contributed by atoms with Gasteiger partial charge in [0.1, 0.15) is 5.75 Å². The predicted molar refractivity (Wildman–Crippen MR) is 111 cm³/mol. The van der Waals surface area contributed by atoms with Crippen LogP contribution < -0.4 is 15.5 Å². The Kier molecular flexibility index (Phi) is 6.24. The van der Waals surface area contributed by atoms with E-state index in [4.69, 9.17) is 16.3 Å².